The summed E-state index contributed by atoms with van der Waals surface area (Å²) in [5.41, 5.74) is 0.165. The third-order valence-electron chi connectivity index (χ3n) is 4.39. The molecule has 6 heteroatoms. The number of fused-ring (bicyclic) bond motifs is 1. The Labute approximate surface area is 121 Å². The number of rotatable bonds is 3. The molecule has 1 saturated carbocycles. The van der Waals surface area contributed by atoms with Gasteiger partial charge in [0.1, 0.15) is 11.4 Å². The summed E-state index contributed by atoms with van der Waals surface area (Å²) < 4.78 is 13.4. The fourth-order valence-corrected chi connectivity index (χ4v) is 2.84. The van der Waals surface area contributed by atoms with Crippen molar-refractivity contribution in [3.8, 4) is 0 Å². The summed E-state index contributed by atoms with van der Waals surface area (Å²) in [5, 5.41) is 12.0. The first-order valence-electron chi connectivity index (χ1n) is 7.03. The Bertz CT molecular complexity index is 615. The Morgan fingerprint density at radius 2 is 2.14 bits per heavy atom. The van der Waals surface area contributed by atoms with Crippen molar-refractivity contribution in [3.05, 3.63) is 29.6 Å². The lowest BCUT2D eigenvalue weighted by Gasteiger charge is -2.29. The van der Waals surface area contributed by atoms with Gasteiger partial charge in [0.05, 0.1) is 5.69 Å². The highest BCUT2D eigenvalue weighted by Crippen LogP contribution is 2.40. The zero-order chi connectivity index (χ0) is 15.2. The van der Waals surface area contributed by atoms with E-state index in [9.17, 15) is 19.1 Å². The summed E-state index contributed by atoms with van der Waals surface area (Å²) in [6.45, 7) is 1.97. The van der Waals surface area contributed by atoms with Crippen LogP contribution in [0.25, 0.3) is 0 Å². The van der Waals surface area contributed by atoms with Crippen LogP contribution in [0.1, 0.15) is 25.3 Å². The molecule has 0 bridgehead atoms. The van der Waals surface area contributed by atoms with Gasteiger partial charge in [-0.15, -0.1) is 0 Å². The third kappa shape index (κ3) is 2.34. The van der Waals surface area contributed by atoms with E-state index in [4.69, 9.17) is 0 Å². The van der Waals surface area contributed by atoms with Crippen LogP contribution in [0.2, 0.25) is 0 Å². The summed E-state index contributed by atoms with van der Waals surface area (Å²) in [5.74, 6) is -1.47. The summed E-state index contributed by atoms with van der Waals surface area (Å²) in [6.07, 6.45) is 2.25. The Morgan fingerprint density at radius 1 is 1.43 bits per heavy atom. The summed E-state index contributed by atoms with van der Waals surface area (Å²) in [7, 11) is 0. The minimum atomic E-state index is -1.26. The molecule has 2 aliphatic rings. The van der Waals surface area contributed by atoms with Gasteiger partial charge in [0, 0.05) is 6.54 Å². The number of carboxylic acids is 1. The highest BCUT2D eigenvalue weighted by molar-refractivity contribution is 5.97. The van der Waals surface area contributed by atoms with E-state index in [0.717, 1.165) is 18.4 Å². The number of benzene rings is 1. The van der Waals surface area contributed by atoms with Gasteiger partial charge in [0.25, 0.3) is 0 Å². The van der Waals surface area contributed by atoms with Gasteiger partial charge < -0.3 is 10.4 Å². The zero-order valence-electron chi connectivity index (χ0n) is 11.7. The molecular formula is C15H17FN2O3. The smallest absolute Gasteiger partial charge is 0.329 e. The monoisotopic (exact) mass is 292 g/mol. The third-order valence-corrected chi connectivity index (χ3v) is 4.39. The number of hydrogen-bond acceptors (Lipinski definition) is 2. The van der Waals surface area contributed by atoms with Crippen LogP contribution in [0.5, 0.6) is 0 Å². The predicted molar refractivity (Wildman–Crippen MR) is 74.7 cm³/mol. The molecule has 1 unspecified atom stereocenters. The normalized spacial score (nSPS) is 19.8. The number of amides is 2. The van der Waals surface area contributed by atoms with E-state index in [0.29, 0.717) is 18.7 Å². The Morgan fingerprint density at radius 3 is 2.76 bits per heavy atom. The number of halogens is 1. The van der Waals surface area contributed by atoms with Crippen molar-refractivity contribution in [3.63, 3.8) is 0 Å². The van der Waals surface area contributed by atoms with Crippen LogP contribution < -0.4 is 10.2 Å². The van der Waals surface area contributed by atoms with Crippen LogP contribution in [0.3, 0.4) is 0 Å². The van der Waals surface area contributed by atoms with Crippen molar-refractivity contribution in [1.82, 2.24) is 5.32 Å². The molecule has 2 amide bonds. The van der Waals surface area contributed by atoms with E-state index in [2.05, 4.69) is 5.32 Å². The van der Waals surface area contributed by atoms with Crippen molar-refractivity contribution in [1.29, 1.82) is 0 Å². The molecular weight excluding hydrogens is 275 g/mol. The van der Waals surface area contributed by atoms with Gasteiger partial charge in [-0.05, 0) is 49.8 Å². The maximum Gasteiger partial charge on any atom is 0.329 e. The number of carbonyl (C=O) groups is 2. The topological polar surface area (TPSA) is 69.6 Å². The Hall–Kier alpha value is -2.11. The minimum Gasteiger partial charge on any atom is -0.480 e. The first-order chi connectivity index (χ1) is 9.91. The van der Waals surface area contributed by atoms with Crippen molar-refractivity contribution in [2.45, 2.75) is 31.7 Å². The molecule has 1 aliphatic carbocycles. The molecule has 5 nitrogen and oxygen atoms in total. The fourth-order valence-electron chi connectivity index (χ4n) is 2.84. The molecule has 1 atom stereocenters. The second-order valence-electron chi connectivity index (χ2n) is 5.89. The van der Waals surface area contributed by atoms with Gasteiger partial charge in [-0.1, -0.05) is 6.07 Å². The van der Waals surface area contributed by atoms with Gasteiger partial charge in [-0.25, -0.2) is 14.0 Å². The van der Waals surface area contributed by atoms with Crippen molar-refractivity contribution < 1.29 is 19.1 Å². The van der Waals surface area contributed by atoms with E-state index in [1.165, 1.54) is 24.0 Å². The lowest BCUT2D eigenvalue weighted by molar-refractivity contribution is -0.144. The molecule has 0 spiro atoms. The van der Waals surface area contributed by atoms with Gasteiger partial charge in [-0.3, -0.25) is 4.90 Å². The maximum atomic E-state index is 13.4. The molecule has 21 heavy (non-hydrogen) atoms. The molecule has 1 heterocycles. The molecule has 1 fully saturated rings. The lowest BCUT2D eigenvalue weighted by atomic mass is 9.96. The number of nitrogens with zero attached hydrogens (tertiary/aromatic N) is 1. The quantitative estimate of drug-likeness (QED) is 0.897. The highest BCUT2D eigenvalue weighted by atomic mass is 19.1. The summed E-state index contributed by atoms with van der Waals surface area (Å²) >= 11 is 0. The Kier molecular flexibility index (Phi) is 3.11. The van der Waals surface area contributed by atoms with Gasteiger partial charge >= 0.3 is 12.0 Å². The predicted octanol–water partition coefficient (Wildman–Crippen LogP) is 2.15. The number of anilines is 1. The number of urea groups is 1. The summed E-state index contributed by atoms with van der Waals surface area (Å²) in [6, 6.07) is 3.87. The van der Waals surface area contributed by atoms with Crippen LogP contribution in [0, 0.1) is 11.7 Å². The number of aliphatic carboxylic acids is 1. The second kappa shape index (κ2) is 4.72. The van der Waals surface area contributed by atoms with Gasteiger partial charge in [0.15, 0.2) is 0 Å². The number of carbonyl (C=O) groups excluding carboxylic acids is 1. The zero-order valence-corrected chi connectivity index (χ0v) is 11.7. The highest BCUT2D eigenvalue weighted by Gasteiger charge is 2.49. The van der Waals surface area contributed by atoms with Crippen LogP contribution in [-0.4, -0.2) is 29.2 Å². The molecule has 112 valence electrons. The van der Waals surface area contributed by atoms with Crippen molar-refractivity contribution in [2.75, 3.05) is 11.4 Å². The average molecular weight is 292 g/mol. The van der Waals surface area contributed by atoms with Crippen LogP contribution in [-0.2, 0) is 11.2 Å². The number of nitrogens with one attached hydrogen (secondary N) is 1. The number of hydrogen-bond donors (Lipinski definition) is 2. The fraction of sp³-hybridized carbons (Fsp3) is 0.467. The second-order valence-corrected chi connectivity index (χ2v) is 5.89. The average Bonchev–Trinajstić information content (AvgIpc) is 3.19. The van der Waals surface area contributed by atoms with Crippen molar-refractivity contribution in [2.24, 2.45) is 5.92 Å². The molecule has 1 aromatic rings. The Balaban J connectivity index is 1.81. The molecule has 2 N–H and O–H groups in total. The van der Waals surface area contributed by atoms with E-state index in [1.807, 2.05) is 0 Å². The SMILES string of the molecule is CC(NC(=O)N1CCc2ccc(F)cc21)(C(=O)O)C1CC1. The van der Waals surface area contributed by atoms with Crippen LogP contribution in [0.4, 0.5) is 14.9 Å². The lowest BCUT2D eigenvalue weighted by Crippen LogP contribution is -2.57. The van der Waals surface area contributed by atoms with E-state index >= 15 is 0 Å². The van der Waals surface area contributed by atoms with Crippen molar-refractivity contribution >= 4 is 17.7 Å². The van der Waals surface area contributed by atoms with E-state index in [1.54, 1.807) is 6.07 Å². The standard InChI is InChI=1S/C15H17FN2O3/c1-15(13(19)20,10-3-4-10)17-14(21)18-7-6-9-2-5-11(16)8-12(9)18/h2,5,8,10H,3-4,6-7H2,1H3,(H,17,21)(H,19,20). The summed E-state index contributed by atoms with van der Waals surface area (Å²) in [4.78, 5) is 25.3. The van der Waals surface area contributed by atoms with Gasteiger partial charge in [-0.2, -0.15) is 0 Å². The van der Waals surface area contributed by atoms with E-state index in [-0.39, 0.29) is 5.92 Å². The first kappa shape index (κ1) is 13.9. The molecule has 1 aromatic carbocycles. The first-order valence-corrected chi connectivity index (χ1v) is 7.03. The largest absolute Gasteiger partial charge is 0.480 e. The van der Waals surface area contributed by atoms with Crippen LogP contribution >= 0.6 is 0 Å². The van der Waals surface area contributed by atoms with E-state index < -0.39 is 23.4 Å². The van der Waals surface area contributed by atoms with Crippen LogP contribution in [0.15, 0.2) is 18.2 Å². The molecule has 3 rings (SSSR count). The maximum absolute atomic E-state index is 13.4. The van der Waals surface area contributed by atoms with Gasteiger partial charge in [0.2, 0.25) is 0 Å². The molecule has 1 aliphatic heterocycles. The molecule has 0 saturated heterocycles. The minimum absolute atomic E-state index is 0.0338. The molecule has 0 aromatic heterocycles. The number of carboxylic acid groups (broad SMARTS) is 1. The molecule has 0 radical (unpaired) electrons.